The lowest BCUT2D eigenvalue weighted by Gasteiger charge is -2.05. The van der Waals surface area contributed by atoms with Gasteiger partial charge in [-0.25, -0.2) is 9.97 Å². The molecule has 0 spiro atoms. The summed E-state index contributed by atoms with van der Waals surface area (Å²) < 4.78 is 36.0. The van der Waals surface area contributed by atoms with Crippen LogP contribution in [0.1, 0.15) is 12.2 Å². The van der Waals surface area contributed by atoms with E-state index in [2.05, 4.69) is 9.97 Å². The zero-order valence-corrected chi connectivity index (χ0v) is 9.46. The molecule has 2 aromatic heterocycles. The van der Waals surface area contributed by atoms with Crippen LogP contribution >= 0.6 is 22.9 Å². The van der Waals surface area contributed by atoms with Crippen LogP contribution in [0, 0.1) is 0 Å². The van der Waals surface area contributed by atoms with Crippen LogP contribution in [0.2, 0.25) is 5.15 Å². The molecule has 7 heteroatoms. The minimum Gasteiger partial charge on any atom is -0.222 e. The van der Waals surface area contributed by atoms with Crippen LogP contribution in [-0.2, 0) is 6.42 Å². The quantitative estimate of drug-likeness (QED) is 0.772. The van der Waals surface area contributed by atoms with Crippen molar-refractivity contribution in [2.24, 2.45) is 0 Å². The molecule has 86 valence electrons. The number of thiophene rings is 1. The summed E-state index contributed by atoms with van der Waals surface area (Å²) in [6.45, 7) is 0. The Morgan fingerprint density at radius 1 is 1.31 bits per heavy atom. The lowest BCUT2D eigenvalue weighted by atomic mass is 10.3. The Kier molecular flexibility index (Phi) is 3.03. The first-order valence-corrected chi connectivity index (χ1v) is 5.68. The second-order valence-electron chi connectivity index (χ2n) is 3.19. The number of fused-ring (bicyclic) bond motifs is 1. The van der Waals surface area contributed by atoms with Crippen LogP contribution in [0.25, 0.3) is 10.2 Å². The summed E-state index contributed by atoms with van der Waals surface area (Å²) in [5.74, 6) is 0.136. The maximum Gasteiger partial charge on any atom is 0.389 e. The Balaban J connectivity index is 2.25. The lowest BCUT2D eigenvalue weighted by molar-refractivity contribution is -0.134. The second-order valence-corrected chi connectivity index (χ2v) is 4.44. The van der Waals surface area contributed by atoms with Crippen molar-refractivity contribution >= 4 is 33.2 Å². The third-order valence-electron chi connectivity index (χ3n) is 1.96. The lowest BCUT2D eigenvalue weighted by Crippen LogP contribution is -2.10. The van der Waals surface area contributed by atoms with E-state index in [1.165, 1.54) is 11.3 Å². The van der Waals surface area contributed by atoms with Gasteiger partial charge in [-0.1, -0.05) is 11.6 Å². The smallest absolute Gasteiger partial charge is 0.222 e. The first-order chi connectivity index (χ1) is 7.46. The highest BCUT2D eigenvalue weighted by Gasteiger charge is 2.27. The monoisotopic (exact) mass is 266 g/mol. The van der Waals surface area contributed by atoms with Crippen molar-refractivity contribution in [1.82, 2.24) is 9.97 Å². The van der Waals surface area contributed by atoms with E-state index in [-0.39, 0.29) is 17.4 Å². The molecule has 0 aliphatic rings. The fourth-order valence-electron chi connectivity index (χ4n) is 1.23. The van der Waals surface area contributed by atoms with Crippen LogP contribution in [0.15, 0.2) is 11.4 Å². The van der Waals surface area contributed by atoms with Crippen molar-refractivity contribution in [3.05, 3.63) is 22.4 Å². The first kappa shape index (κ1) is 11.6. The van der Waals surface area contributed by atoms with Gasteiger partial charge in [0.25, 0.3) is 0 Å². The number of hydrogen-bond acceptors (Lipinski definition) is 3. The molecule has 2 heterocycles. The zero-order chi connectivity index (χ0) is 11.8. The number of halogens is 4. The largest absolute Gasteiger partial charge is 0.389 e. The molecule has 0 aromatic carbocycles. The molecule has 0 saturated heterocycles. The Labute approximate surface area is 98.1 Å². The van der Waals surface area contributed by atoms with Gasteiger partial charge in [0.05, 0.1) is 6.42 Å². The highest BCUT2D eigenvalue weighted by Crippen LogP contribution is 2.26. The van der Waals surface area contributed by atoms with E-state index in [1.54, 1.807) is 11.4 Å². The molecule has 0 bridgehead atoms. The molecule has 0 aliphatic heterocycles. The van der Waals surface area contributed by atoms with Crippen LogP contribution in [0.5, 0.6) is 0 Å². The van der Waals surface area contributed by atoms with E-state index in [0.29, 0.717) is 10.2 Å². The first-order valence-electron chi connectivity index (χ1n) is 4.42. The van der Waals surface area contributed by atoms with Gasteiger partial charge in [-0.15, -0.1) is 11.3 Å². The fourth-order valence-corrected chi connectivity index (χ4v) is 2.31. The molecular weight excluding hydrogens is 261 g/mol. The molecule has 2 nitrogen and oxygen atoms in total. The fraction of sp³-hybridized carbons (Fsp3) is 0.333. The van der Waals surface area contributed by atoms with Crippen LogP contribution < -0.4 is 0 Å². The van der Waals surface area contributed by atoms with Crippen LogP contribution in [0.4, 0.5) is 13.2 Å². The number of hydrogen-bond donors (Lipinski definition) is 0. The minimum absolute atomic E-state index is 0.136. The average molecular weight is 267 g/mol. The van der Waals surface area contributed by atoms with E-state index in [4.69, 9.17) is 11.6 Å². The van der Waals surface area contributed by atoms with Gasteiger partial charge in [-0.05, 0) is 11.4 Å². The normalized spacial score (nSPS) is 12.2. The van der Waals surface area contributed by atoms with Crippen molar-refractivity contribution in [3.63, 3.8) is 0 Å². The van der Waals surface area contributed by atoms with Gasteiger partial charge < -0.3 is 0 Å². The van der Waals surface area contributed by atoms with Gasteiger partial charge in [-0.2, -0.15) is 13.2 Å². The Morgan fingerprint density at radius 3 is 2.75 bits per heavy atom. The highest BCUT2D eigenvalue weighted by molar-refractivity contribution is 7.16. The van der Waals surface area contributed by atoms with Gasteiger partial charge in [0.1, 0.15) is 15.8 Å². The molecule has 0 aliphatic carbocycles. The Bertz CT molecular complexity index is 509. The van der Waals surface area contributed by atoms with E-state index in [1.807, 2.05) is 0 Å². The summed E-state index contributed by atoms with van der Waals surface area (Å²) in [4.78, 5) is 8.48. The average Bonchev–Trinajstić information content (AvgIpc) is 2.62. The Morgan fingerprint density at radius 2 is 2.06 bits per heavy atom. The van der Waals surface area contributed by atoms with Crippen molar-refractivity contribution < 1.29 is 13.2 Å². The molecule has 16 heavy (non-hydrogen) atoms. The summed E-state index contributed by atoms with van der Waals surface area (Å²) in [5, 5.41) is 2.67. The number of aromatic nitrogens is 2. The molecule has 0 unspecified atom stereocenters. The highest BCUT2D eigenvalue weighted by atomic mass is 35.5. The third-order valence-corrected chi connectivity index (χ3v) is 3.05. The third kappa shape index (κ3) is 2.62. The zero-order valence-electron chi connectivity index (χ0n) is 7.88. The van der Waals surface area contributed by atoms with Gasteiger partial charge in [-0.3, -0.25) is 0 Å². The van der Waals surface area contributed by atoms with Crippen molar-refractivity contribution in [1.29, 1.82) is 0 Å². The minimum atomic E-state index is -4.19. The number of alkyl halides is 3. The summed E-state index contributed by atoms with van der Waals surface area (Å²) in [6, 6.07) is 1.75. The van der Waals surface area contributed by atoms with Crippen LogP contribution in [-0.4, -0.2) is 16.1 Å². The number of aryl methyl sites for hydroxylation is 1. The standard InChI is InChI=1S/C9H6ClF3N2S/c10-7-5-2-4-16-8(5)15-6(14-7)1-3-9(11,12)13/h2,4H,1,3H2. The molecule has 0 amide bonds. The van der Waals surface area contributed by atoms with Crippen molar-refractivity contribution in [3.8, 4) is 0 Å². The van der Waals surface area contributed by atoms with E-state index in [9.17, 15) is 13.2 Å². The SMILES string of the molecule is FC(F)(F)CCc1nc(Cl)c2ccsc2n1. The molecule has 2 aromatic rings. The summed E-state index contributed by atoms with van der Waals surface area (Å²) in [6.07, 6.45) is -5.36. The maximum atomic E-state index is 12.0. The summed E-state index contributed by atoms with van der Waals surface area (Å²) >= 11 is 7.16. The number of nitrogens with zero attached hydrogens (tertiary/aromatic N) is 2. The van der Waals surface area contributed by atoms with Crippen LogP contribution in [0.3, 0.4) is 0 Å². The number of rotatable bonds is 2. The topological polar surface area (TPSA) is 25.8 Å². The molecule has 0 radical (unpaired) electrons. The maximum absolute atomic E-state index is 12.0. The van der Waals surface area contributed by atoms with Crippen molar-refractivity contribution in [2.75, 3.05) is 0 Å². The summed E-state index contributed by atoms with van der Waals surface area (Å²) in [7, 11) is 0. The molecular formula is C9H6ClF3N2S. The van der Waals surface area contributed by atoms with Gasteiger partial charge in [0.15, 0.2) is 0 Å². The van der Waals surface area contributed by atoms with E-state index in [0.717, 1.165) is 0 Å². The predicted octanol–water partition coefficient (Wildman–Crippen LogP) is 3.84. The van der Waals surface area contributed by atoms with Gasteiger partial charge in [0, 0.05) is 11.8 Å². The molecule has 2 rings (SSSR count). The van der Waals surface area contributed by atoms with E-state index >= 15 is 0 Å². The Hall–Kier alpha value is -0.880. The molecule has 0 fully saturated rings. The van der Waals surface area contributed by atoms with E-state index < -0.39 is 12.6 Å². The summed E-state index contributed by atoms with van der Waals surface area (Å²) in [5.41, 5.74) is 0. The van der Waals surface area contributed by atoms with Crippen molar-refractivity contribution in [2.45, 2.75) is 19.0 Å². The predicted molar refractivity (Wildman–Crippen MR) is 56.8 cm³/mol. The van der Waals surface area contributed by atoms with Gasteiger partial charge >= 0.3 is 6.18 Å². The van der Waals surface area contributed by atoms with Gasteiger partial charge in [0.2, 0.25) is 0 Å². The molecule has 0 saturated carbocycles. The molecule has 0 N–H and O–H groups in total. The molecule has 0 atom stereocenters. The second kappa shape index (κ2) is 4.18.